The van der Waals surface area contributed by atoms with Crippen LogP contribution >= 0.6 is 0 Å². The van der Waals surface area contributed by atoms with E-state index in [9.17, 15) is 0 Å². The van der Waals surface area contributed by atoms with E-state index < -0.39 is 0 Å². The van der Waals surface area contributed by atoms with Crippen molar-refractivity contribution >= 4 is 38.8 Å². The van der Waals surface area contributed by atoms with Crippen LogP contribution in [0.5, 0.6) is 0 Å². The van der Waals surface area contributed by atoms with Gasteiger partial charge < -0.3 is 14.0 Å². The first kappa shape index (κ1) is 21.9. The van der Waals surface area contributed by atoms with Gasteiger partial charge in [-0.25, -0.2) is 0 Å². The van der Waals surface area contributed by atoms with E-state index in [1.807, 2.05) is 12.4 Å². The summed E-state index contributed by atoms with van der Waals surface area (Å²) >= 11 is 0. The summed E-state index contributed by atoms with van der Waals surface area (Å²) in [6, 6.07) is 37.2. The van der Waals surface area contributed by atoms with Crippen molar-refractivity contribution in [1.82, 2.24) is 19.0 Å². The number of benzene rings is 4. The fourth-order valence-electron chi connectivity index (χ4n) is 6.15. The summed E-state index contributed by atoms with van der Waals surface area (Å²) in [5.74, 6) is 0. The van der Waals surface area contributed by atoms with Crippen LogP contribution in [0.1, 0.15) is 11.3 Å². The van der Waals surface area contributed by atoms with Gasteiger partial charge in [0.1, 0.15) is 0 Å². The number of pyridine rings is 1. The Morgan fingerprint density at radius 3 is 1.90 bits per heavy atom. The number of fused-ring (bicyclic) bond motifs is 6. The normalized spacial score (nSPS) is 13.0. The van der Waals surface area contributed by atoms with Gasteiger partial charge in [0.05, 0.1) is 22.2 Å². The number of rotatable bonds is 3. The molecule has 0 fully saturated rings. The lowest BCUT2D eigenvalue weighted by Gasteiger charge is -2.20. The van der Waals surface area contributed by atoms with Crippen LogP contribution in [-0.2, 0) is 6.54 Å². The highest BCUT2D eigenvalue weighted by atomic mass is 15.1. The molecule has 0 aliphatic carbocycles. The largest absolute Gasteiger partial charge is 0.376 e. The second-order valence-corrected chi connectivity index (χ2v) is 10.3. The Balaban J connectivity index is 1.18. The number of hydrogen-bond acceptors (Lipinski definition) is 2. The molecule has 0 saturated heterocycles. The summed E-state index contributed by atoms with van der Waals surface area (Å²) < 4.78 is 4.71. The van der Waals surface area contributed by atoms with Crippen LogP contribution in [0.4, 0.5) is 0 Å². The first-order valence-corrected chi connectivity index (χ1v) is 13.3. The minimum absolute atomic E-state index is 0.923. The standard InChI is InChI=1S/C35H26N4/c1-37-21-19-35-31(23-37)29-7-3-5-9-33(29)39(35)27-16-12-25(13-17-27)24-10-14-26(15-11-24)38-32-8-4-2-6-28(32)30-22-36-20-18-34(30)38/h2-22H,23H2,1H3. The monoisotopic (exact) mass is 502 g/mol. The number of hydrogen-bond donors (Lipinski definition) is 0. The van der Waals surface area contributed by atoms with Crippen LogP contribution < -0.4 is 0 Å². The van der Waals surface area contributed by atoms with Crippen LogP contribution in [0.25, 0.3) is 61.3 Å². The third kappa shape index (κ3) is 3.35. The van der Waals surface area contributed by atoms with Crippen molar-refractivity contribution in [3.63, 3.8) is 0 Å². The van der Waals surface area contributed by atoms with Gasteiger partial charge in [0.15, 0.2) is 0 Å². The summed E-state index contributed by atoms with van der Waals surface area (Å²) in [7, 11) is 2.13. The van der Waals surface area contributed by atoms with E-state index in [0.29, 0.717) is 0 Å². The number of para-hydroxylation sites is 2. The van der Waals surface area contributed by atoms with Crippen molar-refractivity contribution in [3.8, 4) is 22.5 Å². The van der Waals surface area contributed by atoms with Gasteiger partial charge in [0.25, 0.3) is 0 Å². The first-order chi connectivity index (χ1) is 19.3. The zero-order valence-electron chi connectivity index (χ0n) is 21.6. The average Bonchev–Trinajstić information content (AvgIpc) is 3.50. The van der Waals surface area contributed by atoms with E-state index in [1.165, 1.54) is 60.8 Å². The third-order valence-corrected chi connectivity index (χ3v) is 7.97. The van der Waals surface area contributed by atoms with E-state index in [4.69, 9.17) is 0 Å². The highest BCUT2D eigenvalue weighted by Crippen LogP contribution is 2.35. The lowest BCUT2D eigenvalue weighted by Crippen LogP contribution is -2.14. The smallest absolute Gasteiger partial charge is 0.0571 e. The average molecular weight is 503 g/mol. The van der Waals surface area contributed by atoms with Crippen molar-refractivity contribution in [1.29, 1.82) is 0 Å². The van der Waals surface area contributed by atoms with Gasteiger partial charge in [-0.05, 0) is 59.7 Å². The Morgan fingerprint density at radius 2 is 1.18 bits per heavy atom. The summed E-state index contributed by atoms with van der Waals surface area (Å²) in [5, 5.41) is 3.72. The second-order valence-electron chi connectivity index (χ2n) is 10.3. The van der Waals surface area contributed by atoms with E-state index in [0.717, 1.165) is 12.2 Å². The summed E-state index contributed by atoms with van der Waals surface area (Å²) in [6.45, 7) is 0.923. The van der Waals surface area contributed by atoms with Crippen molar-refractivity contribution < 1.29 is 0 Å². The van der Waals surface area contributed by atoms with Crippen LogP contribution in [-0.4, -0.2) is 26.1 Å². The van der Waals surface area contributed by atoms with Crippen LogP contribution in [0.3, 0.4) is 0 Å². The van der Waals surface area contributed by atoms with Crippen molar-refractivity contribution in [3.05, 3.63) is 133 Å². The molecule has 0 atom stereocenters. The molecule has 0 bridgehead atoms. The molecule has 1 aliphatic heterocycles. The molecule has 0 spiro atoms. The lowest BCUT2D eigenvalue weighted by atomic mass is 10.0. The van der Waals surface area contributed by atoms with Crippen molar-refractivity contribution in [2.24, 2.45) is 0 Å². The van der Waals surface area contributed by atoms with Gasteiger partial charge >= 0.3 is 0 Å². The third-order valence-electron chi connectivity index (χ3n) is 7.97. The zero-order chi connectivity index (χ0) is 25.9. The Kier molecular flexibility index (Phi) is 4.76. The van der Waals surface area contributed by atoms with E-state index in [2.05, 4.69) is 141 Å². The number of aromatic nitrogens is 3. The second kappa shape index (κ2) is 8.47. The molecule has 0 N–H and O–H groups in total. The Bertz CT molecular complexity index is 1990. The molecule has 0 unspecified atom stereocenters. The molecular weight excluding hydrogens is 476 g/mol. The van der Waals surface area contributed by atoms with Gasteiger partial charge in [-0.2, -0.15) is 0 Å². The van der Waals surface area contributed by atoms with E-state index in [-0.39, 0.29) is 0 Å². The zero-order valence-corrected chi connectivity index (χ0v) is 21.6. The van der Waals surface area contributed by atoms with Gasteiger partial charge in [0.2, 0.25) is 0 Å². The molecule has 1 aliphatic rings. The molecule has 4 nitrogen and oxygen atoms in total. The molecule has 0 radical (unpaired) electrons. The number of nitrogens with zero attached hydrogens (tertiary/aromatic N) is 4. The van der Waals surface area contributed by atoms with Crippen LogP contribution in [0.15, 0.2) is 122 Å². The maximum atomic E-state index is 4.37. The summed E-state index contributed by atoms with van der Waals surface area (Å²) in [5.41, 5.74) is 11.0. The first-order valence-electron chi connectivity index (χ1n) is 13.3. The predicted octanol–water partition coefficient (Wildman–Crippen LogP) is 8.21. The fraction of sp³-hybridized carbons (Fsp3) is 0.0571. The van der Waals surface area contributed by atoms with Gasteiger partial charge in [-0.3, -0.25) is 4.98 Å². The maximum Gasteiger partial charge on any atom is 0.0571 e. The minimum Gasteiger partial charge on any atom is -0.376 e. The molecule has 186 valence electrons. The molecular formula is C35H26N4. The molecule has 4 aromatic carbocycles. The van der Waals surface area contributed by atoms with Crippen molar-refractivity contribution in [2.75, 3.05) is 7.05 Å². The molecule has 3 aromatic heterocycles. The quantitative estimate of drug-likeness (QED) is 0.243. The van der Waals surface area contributed by atoms with E-state index >= 15 is 0 Å². The molecule has 0 amide bonds. The molecule has 39 heavy (non-hydrogen) atoms. The predicted molar refractivity (Wildman–Crippen MR) is 161 cm³/mol. The molecule has 4 heteroatoms. The molecule has 0 saturated carbocycles. The fourth-order valence-corrected chi connectivity index (χ4v) is 6.15. The van der Waals surface area contributed by atoms with Crippen LogP contribution in [0, 0.1) is 0 Å². The highest BCUT2D eigenvalue weighted by molar-refractivity contribution is 6.08. The SMILES string of the molecule is CN1C=Cc2c(c3ccccc3n2-c2ccc(-c3ccc(-n4c5ccccc5c5cnccc54)cc3)cc2)C1. The topological polar surface area (TPSA) is 26.0 Å². The molecule has 4 heterocycles. The van der Waals surface area contributed by atoms with Gasteiger partial charge in [0, 0.05) is 65.3 Å². The Morgan fingerprint density at radius 1 is 0.590 bits per heavy atom. The van der Waals surface area contributed by atoms with Crippen LogP contribution in [0.2, 0.25) is 0 Å². The molecule has 7 aromatic rings. The van der Waals surface area contributed by atoms with E-state index in [1.54, 1.807) is 0 Å². The Hall–Kier alpha value is -5.09. The lowest BCUT2D eigenvalue weighted by molar-refractivity contribution is 0.449. The molecule has 8 rings (SSSR count). The summed E-state index contributed by atoms with van der Waals surface area (Å²) in [4.78, 5) is 6.61. The maximum absolute atomic E-state index is 4.37. The Labute approximate surface area is 226 Å². The highest BCUT2D eigenvalue weighted by Gasteiger charge is 2.19. The van der Waals surface area contributed by atoms with Gasteiger partial charge in [-0.1, -0.05) is 60.7 Å². The minimum atomic E-state index is 0.923. The van der Waals surface area contributed by atoms with Gasteiger partial charge in [-0.15, -0.1) is 0 Å². The van der Waals surface area contributed by atoms with Crippen molar-refractivity contribution in [2.45, 2.75) is 6.54 Å². The summed E-state index contributed by atoms with van der Waals surface area (Å²) in [6.07, 6.45) is 8.23.